The van der Waals surface area contributed by atoms with Crippen LogP contribution in [-0.2, 0) is 16.5 Å². The number of benzene rings is 1. The average molecular weight is 400 g/mol. The van der Waals surface area contributed by atoms with Crippen molar-refractivity contribution in [1.82, 2.24) is 14.7 Å². The first-order valence-corrected chi connectivity index (χ1v) is 10.9. The number of sulfone groups is 1. The highest BCUT2D eigenvalue weighted by Gasteiger charge is 2.32. The van der Waals surface area contributed by atoms with Gasteiger partial charge in [0.05, 0.1) is 18.2 Å². The van der Waals surface area contributed by atoms with Crippen molar-refractivity contribution in [2.45, 2.75) is 38.9 Å². The lowest BCUT2D eigenvalue weighted by molar-refractivity contribution is 0.151. The topological polar surface area (TPSA) is 68.3 Å². The van der Waals surface area contributed by atoms with Gasteiger partial charge in [0.25, 0.3) is 4.84 Å². The van der Waals surface area contributed by atoms with Gasteiger partial charge in [-0.1, -0.05) is 13.3 Å². The van der Waals surface area contributed by atoms with Crippen LogP contribution >= 0.6 is 12.2 Å². The van der Waals surface area contributed by atoms with Crippen LogP contribution in [0, 0.1) is 10.7 Å². The van der Waals surface area contributed by atoms with E-state index in [2.05, 4.69) is 16.9 Å². The van der Waals surface area contributed by atoms with Crippen molar-refractivity contribution >= 4 is 22.1 Å². The molecule has 2 aromatic rings. The maximum absolute atomic E-state index is 13.1. The van der Waals surface area contributed by atoms with Crippen molar-refractivity contribution in [2.24, 2.45) is 0 Å². The Morgan fingerprint density at radius 2 is 2.12 bits per heavy atom. The molecular weight excluding hydrogens is 377 g/mol. The lowest BCUT2D eigenvalue weighted by atomic mass is 10.2. The van der Waals surface area contributed by atoms with Crippen molar-refractivity contribution in [3.8, 4) is 11.5 Å². The van der Waals surface area contributed by atoms with Crippen LogP contribution in [0.4, 0.5) is 4.39 Å². The maximum Gasteiger partial charge on any atom is 0.288 e. The summed E-state index contributed by atoms with van der Waals surface area (Å²) in [4.78, 5) is 2.33. The summed E-state index contributed by atoms with van der Waals surface area (Å²) < 4.78 is 43.9. The Balaban J connectivity index is 1.80. The predicted octanol–water partition coefficient (Wildman–Crippen LogP) is 3.26. The van der Waals surface area contributed by atoms with Crippen LogP contribution in [-0.4, -0.2) is 47.2 Å². The van der Waals surface area contributed by atoms with Crippen molar-refractivity contribution in [3.63, 3.8) is 0 Å². The van der Waals surface area contributed by atoms with Crippen LogP contribution in [0.2, 0.25) is 0 Å². The molecule has 0 spiro atoms. The minimum Gasteiger partial charge on any atom is -0.409 e. The number of aromatic nitrogens is 2. The average Bonchev–Trinajstić information content (AvgIpc) is 3.14. The first kappa shape index (κ1) is 19.2. The Hall–Kier alpha value is -1.58. The van der Waals surface area contributed by atoms with E-state index in [1.165, 1.54) is 12.1 Å². The molecule has 0 radical (unpaired) electrons. The Kier molecular flexibility index (Phi) is 5.89. The first-order valence-electron chi connectivity index (χ1n) is 8.66. The molecular formula is C17H22FN3O3S2. The van der Waals surface area contributed by atoms with Crippen molar-refractivity contribution in [2.75, 3.05) is 18.1 Å². The zero-order valence-electron chi connectivity index (χ0n) is 14.6. The van der Waals surface area contributed by atoms with Crippen LogP contribution in [0.1, 0.15) is 26.2 Å². The fourth-order valence-electron chi connectivity index (χ4n) is 3.07. The highest BCUT2D eigenvalue weighted by molar-refractivity contribution is 7.91. The quantitative estimate of drug-likeness (QED) is 0.666. The lowest BCUT2D eigenvalue weighted by Gasteiger charge is -2.27. The molecule has 2 heterocycles. The van der Waals surface area contributed by atoms with Gasteiger partial charge in [0, 0.05) is 18.2 Å². The molecule has 0 amide bonds. The summed E-state index contributed by atoms with van der Waals surface area (Å²) >= 11 is 5.26. The molecule has 1 aliphatic heterocycles. The van der Waals surface area contributed by atoms with Gasteiger partial charge in [-0.05, 0) is 49.3 Å². The van der Waals surface area contributed by atoms with E-state index < -0.39 is 9.84 Å². The fraction of sp³-hybridized carbons (Fsp3) is 0.529. The molecule has 0 aliphatic carbocycles. The molecule has 1 aromatic carbocycles. The van der Waals surface area contributed by atoms with Gasteiger partial charge in [-0.15, -0.1) is 5.10 Å². The first-order chi connectivity index (χ1) is 12.4. The van der Waals surface area contributed by atoms with E-state index in [9.17, 15) is 12.8 Å². The predicted molar refractivity (Wildman–Crippen MR) is 99.4 cm³/mol. The molecule has 6 nitrogen and oxygen atoms in total. The van der Waals surface area contributed by atoms with Crippen LogP contribution in [0.5, 0.6) is 0 Å². The van der Waals surface area contributed by atoms with E-state index in [-0.39, 0.29) is 28.2 Å². The Morgan fingerprint density at radius 1 is 1.38 bits per heavy atom. The van der Waals surface area contributed by atoms with E-state index in [4.69, 9.17) is 16.6 Å². The molecule has 1 unspecified atom stereocenters. The number of halogens is 1. The fourth-order valence-corrected chi connectivity index (χ4v) is 5.01. The molecule has 142 valence electrons. The number of hydrogen-bond acceptors (Lipinski definition) is 6. The van der Waals surface area contributed by atoms with Crippen LogP contribution in [0.15, 0.2) is 28.7 Å². The highest BCUT2D eigenvalue weighted by atomic mass is 32.2. The maximum atomic E-state index is 13.1. The largest absolute Gasteiger partial charge is 0.409 e. The van der Waals surface area contributed by atoms with Gasteiger partial charge in [-0.25, -0.2) is 17.5 Å². The molecule has 1 aromatic heterocycles. The molecule has 1 saturated heterocycles. The van der Waals surface area contributed by atoms with Crippen LogP contribution < -0.4 is 0 Å². The summed E-state index contributed by atoms with van der Waals surface area (Å²) in [6.07, 6.45) is 2.61. The normalized spacial score (nSPS) is 19.3. The Labute approximate surface area is 157 Å². The molecule has 3 rings (SSSR count). The van der Waals surface area contributed by atoms with E-state index in [1.54, 1.807) is 16.8 Å². The standard InChI is InChI=1S/C17H22FN3O3S2/c1-2-3-9-20(15-8-10-26(22,23)11-15)12-21-17(25)24-16(19-21)13-4-6-14(18)7-5-13/h4-7,15H,2-3,8-12H2,1H3. The van der Waals surface area contributed by atoms with Gasteiger partial charge >= 0.3 is 0 Å². The van der Waals surface area contributed by atoms with Gasteiger partial charge in [0.15, 0.2) is 9.84 Å². The van der Waals surface area contributed by atoms with E-state index in [1.807, 2.05) is 0 Å². The van der Waals surface area contributed by atoms with Gasteiger partial charge in [-0.3, -0.25) is 4.90 Å². The Bertz CT molecular complexity index is 906. The lowest BCUT2D eigenvalue weighted by Crippen LogP contribution is -2.38. The summed E-state index contributed by atoms with van der Waals surface area (Å²) in [5.41, 5.74) is 0.639. The molecule has 9 heteroatoms. The smallest absolute Gasteiger partial charge is 0.288 e. The third kappa shape index (κ3) is 4.57. The summed E-state index contributed by atoms with van der Waals surface area (Å²) in [6, 6.07) is 5.81. The Morgan fingerprint density at radius 3 is 2.73 bits per heavy atom. The summed E-state index contributed by atoms with van der Waals surface area (Å²) in [5, 5.41) is 4.40. The van der Waals surface area contributed by atoms with Gasteiger partial charge in [-0.2, -0.15) is 0 Å². The van der Waals surface area contributed by atoms with Crippen molar-refractivity contribution < 1.29 is 17.2 Å². The van der Waals surface area contributed by atoms with Gasteiger partial charge in [0.2, 0.25) is 5.89 Å². The molecule has 26 heavy (non-hydrogen) atoms. The summed E-state index contributed by atoms with van der Waals surface area (Å²) in [7, 11) is -2.97. The highest BCUT2D eigenvalue weighted by Crippen LogP contribution is 2.21. The summed E-state index contributed by atoms with van der Waals surface area (Å²) in [5.74, 6) is 0.391. The van der Waals surface area contributed by atoms with Crippen LogP contribution in [0.25, 0.3) is 11.5 Å². The van der Waals surface area contributed by atoms with Gasteiger partial charge < -0.3 is 4.42 Å². The third-order valence-electron chi connectivity index (χ3n) is 4.54. The SMILES string of the molecule is CCCCN(Cn1nc(-c2ccc(F)cc2)oc1=S)C1CCS(=O)(=O)C1. The summed E-state index contributed by atoms with van der Waals surface area (Å²) in [6.45, 7) is 3.25. The second kappa shape index (κ2) is 7.98. The van der Waals surface area contributed by atoms with Crippen molar-refractivity contribution in [1.29, 1.82) is 0 Å². The number of rotatable bonds is 7. The molecule has 0 N–H and O–H groups in total. The van der Waals surface area contributed by atoms with E-state index in [0.717, 1.165) is 19.4 Å². The zero-order chi connectivity index (χ0) is 18.7. The van der Waals surface area contributed by atoms with Gasteiger partial charge in [0.1, 0.15) is 5.82 Å². The number of hydrogen-bond donors (Lipinski definition) is 0. The van der Waals surface area contributed by atoms with E-state index >= 15 is 0 Å². The molecule has 0 saturated carbocycles. The second-order valence-electron chi connectivity index (χ2n) is 6.54. The zero-order valence-corrected chi connectivity index (χ0v) is 16.2. The molecule has 1 aliphatic rings. The molecule has 1 atom stereocenters. The molecule has 0 bridgehead atoms. The monoisotopic (exact) mass is 399 g/mol. The number of nitrogens with zero attached hydrogens (tertiary/aromatic N) is 3. The van der Waals surface area contributed by atoms with Crippen molar-refractivity contribution in [3.05, 3.63) is 34.9 Å². The second-order valence-corrected chi connectivity index (χ2v) is 9.12. The minimum absolute atomic E-state index is 0.0283. The molecule has 1 fully saturated rings. The number of unbranched alkanes of at least 4 members (excludes halogenated alkanes) is 1. The van der Waals surface area contributed by atoms with Crippen LogP contribution in [0.3, 0.4) is 0 Å². The minimum atomic E-state index is -2.97. The third-order valence-corrected chi connectivity index (χ3v) is 6.58. The van der Waals surface area contributed by atoms with E-state index in [0.29, 0.717) is 24.5 Å².